The van der Waals surface area contributed by atoms with Gasteiger partial charge in [0.25, 0.3) is 0 Å². The molecule has 0 heterocycles. The fourth-order valence-electron chi connectivity index (χ4n) is 2.61. The van der Waals surface area contributed by atoms with Crippen molar-refractivity contribution in [3.05, 3.63) is 0 Å². The third-order valence-electron chi connectivity index (χ3n) is 3.65. The van der Waals surface area contributed by atoms with Crippen LogP contribution in [-0.2, 0) is 0 Å². The minimum atomic E-state index is -0.304. The first-order valence-electron chi connectivity index (χ1n) is 6.89. The lowest BCUT2D eigenvalue weighted by Crippen LogP contribution is -2.30. The summed E-state index contributed by atoms with van der Waals surface area (Å²) in [5, 5.41) is 10.3. The Morgan fingerprint density at radius 2 is 1.69 bits per heavy atom. The number of hydrogen-bond donors (Lipinski definition) is 1. The van der Waals surface area contributed by atoms with Crippen molar-refractivity contribution >= 4 is 0 Å². The molecule has 0 bridgehead atoms. The van der Waals surface area contributed by atoms with E-state index < -0.39 is 0 Å². The number of hydrogen-bond acceptors (Lipinski definition) is 1. The highest BCUT2D eigenvalue weighted by molar-refractivity contribution is 4.94. The van der Waals surface area contributed by atoms with Gasteiger partial charge in [0.2, 0.25) is 0 Å². The van der Waals surface area contributed by atoms with Gasteiger partial charge in [-0.05, 0) is 32.6 Å². The smallest absolute Gasteiger partial charge is 0.0647 e. The molecule has 1 aliphatic carbocycles. The second-order valence-electron chi connectivity index (χ2n) is 5.13. The normalized spacial score (nSPS) is 18.9. The first-order valence-corrected chi connectivity index (χ1v) is 6.89. The minimum absolute atomic E-state index is 0.304. The van der Waals surface area contributed by atoms with E-state index in [1.807, 2.05) is 6.92 Å². The monoisotopic (exact) mass is 222 g/mol. The van der Waals surface area contributed by atoms with Gasteiger partial charge in [-0.25, -0.2) is 0 Å². The van der Waals surface area contributed by atoms with Crippen molar-refractivity contribution in [2.45, 2.75) is 83.2 Å². The van der Waals surface area contributed by atoms with Crippen molar-refractivity contribution in [3.8, 4) is 11.8 Å². The van der Waals surface area contributed by atoms with Gasteiger partial charge in [-0.2, -0.15) is 0 Å². The highest BCUT2D eigenvalue weighted by Gasteiger charge is 2.27. The maximum absolute atomic E-state index is 10.3. The Morgan fingerprint density at radius 3 is 2.38 bits per heavy atom. The van der Waals surface area contributed by atoms with Crippen LogP contribution in [0, 0.1) is 11.8 Å². The number of rotatable bonds is 6. The van der Waals surface area contributed by atoms with Crippen LogP contribution in [0.4, 0.5) is 0 Å². The van der Waals surface area contributed by atoms with Crippen LogP contribution in [0.15, 0.2) is 0 Å². The van der Waals surface area contributed by atoms with Crippen LogP contribution in [0.25, 0.3) is 0 Å². The fourth-order valence-corrected chi connectivity index (χ4v) is 2.61. The standard InChI is InChI=1S/C15H26O/c1-2-3-4-5-6-7-9-12-15(16)13-10-8-11-14-15/h16H,4-14H2,1H3. The molecule has 0 unspecified atom stereocenters. The van der Waals surface area contributed by atoms with Gasteiger partial charge in [0, 0.05) is 6.42 Å². The second-order valence-corrected chi connectivity index (χ2v) is 5.13. The van der Waals surface area contributed by atoms with Crippen molar-refractivity contribution in [1.82, 2.24) is 0 Å². The van der Waals surface area contributed by atoms with Crippen LogP contribution in [-0.4, -0.2) is 10.7 Å². The first kappa shape index (κ1) is 13.6. The van der Waals surface area contributed by atoms with Crippen molar-refractivity contribution in [2.75, 3.05) is 0 Å². The van der Waals surface area contributed by atoms with Gasteiger partial charge in [0.1, 0.15) is 0 Å². The molecule has 1 nitrogen and oxygen atoms in total. The van der Waals surface area contributed by atoms with Crippen LogP contribution >= 0.6 is 0 Å². The van der Waals surface area contributed by atoms with Crippen LogP contribution in [0.1, 0.15) is 77.6 Å². The molecule has 0 radical (unpaired) electrons. The molecule has 0 saturated heterocycles. The van der Waals surface area contributed by atoms with E-state index in [1.54, 1.807) is 0 Å². The molecule has 0 aromatic rings. The van der Waals surface area contributed by atoms with E-state index in [0.29, 0.717) is 0 Å². The van der Waals surface area contributed by atoms with E-state index in [4.69, 9.17) is 0 Å². The summed E-state index contributed by atoms with van der Waals surface area (Å²) in [6, 6.07) is 0. The lowest BCUT2D eigenvalue weighted by atomic mass is 9.81. The average Bonchev–Trinajstić information content (AvgIpc) is 2.29. The Morgan fingerprint density at radius 1 is 1.00 bits per heavy atom. The molecular weight excluding hydrogens is 196 g/mol. The average molecular weight is 222 g/mol. The predicted octanol–water partition coefficient (Wildman–Crippen LogP) is 4.05. The van der Waals surface area contributed by atoms with Gasteiger partial charge in [-0.3, -0.25) is 0 Å². The Kier molecular flexibility index (Phi) is 6.57. The maximum atomic E-state index is 10.3. The molecule has 0 aromatic heterocycles. The fraction of sp³-hybridized carbons (Fsp3) is 0.867. The van der Waals surface area contributed by atoms with Gasteiger partial charge in [-0.15, -0.1) is 11.8 Å². The Hall–Kier alpha value is -0.480. The highest BCUT2D eigenvalue weighted by atomic mass is 16.3. The van der Waals surface area contributed by atoms with Crippen molar-refractivity contribution in [1.29, 1.82) is 0 Å². The summed E-state index contributed by atoms with van der Waals surface area (Å²) < 4.78 is 0. The van der Waals surface area contributed by atoms with E-state index in [0.717, 1.165) is 25.7 Å². The van der Waals surface area contributed by atoms with Crippen molar-refractivity contribution < 1.29 is 5.11 Å². The van der Waals surface area contributed by atoms with Gasteiger partial charge >= 0.3 is 0 Å². The lowest BCUT2D eigenvalue weighted by Gasteiger charge is -2.32. The van der Waals surface area contributed by atoms with E-state index in [-0.39, 0.29) is 5.60 Å². The highest BCUT2D eigenvalue weighted by Crippen LogP contribution is 2.32. The molecule has 1 heteroatoms. The molecule has 0 aromatic carbocycles. The van der Waals surface area contributed by atoms with E-state index in [9.17, 15) is 5.11 Å². The lowest BCUT2D eigenvalue weighted by molar-refractivity contribution is -0.00586. The quantitative estimate of drug-likeness (QED) is 0.531. The summed E-state index contributed by atoms with van der Waals surface area (Å²) in [5.41, 5.74) is -0.304. The Bertz CT molecular complexity index is 228. The molecule has 1 aliphatic rings. The van der Waals surface area contributed by atoms with Gasteiger partial charge in [-0.1, -0.05) is 38.5 Å². The van der Waals surface area contributed by atoms with E-state index >= 15 is 0 Å². The summed E-state index contributed by atoms with van der Waals surface area (Å²) >= 11 is 0. The molecule has 1 rings (SSSR count). The zero-order valence-corrected chi connectivity index (χ0v) is 10.7. The van der Waals surface area contributed by atoms with Crippen LogP contribution in [0.3, 0.4) is 0 Å². The molecule has 1 fully saturated rings. The molecule has 0 spiro atoms. The SMILES string of the molecule is CC#CCCCCCCC1(O)CCCCC1. The summed E-state index contributed by atoms with van der Waals surface area (Å²) in [7, 11) is 0. The predicted molar refractivity (Wildman–Crippen MR) is 69.2 cm³/mol. The molecule has 1 N–H and O–H groups in total. The maximum Gasteiger partial charge on any atom is 0.0647 e. The first-order chi connectivity index (χ1) is 7.77. The third kappa shape index (κ3) is 5.56. The Labute approximate surface area is 101 Å². The molecule has 16 heavy (non-hydrogen) atoms. The largest absolute Gasteiger partial charge is 0.390 e. The Balaban J connectivity index is 1.98. The van der Waals surface area contributed by atoms with E-state index in [1.165, 1.54) is 44.9 Å². The van der Waals surface area contributed by atoms with Crippen LogP contribution < -0.4 is 0 Å². The van der Waals surface area contributed by atoms with Crippen molar-refractivity contribution in [3.63, 3.8) is 0 Å². The summed E-state index contributed by atoms with van der Waals surface area (Å²) in [5.74, 6) is 6.02. The van der Waals surface area contributed by atoms with E-state index in [2.05, 4.69) is 11.8 Å². The summed E-state index contributed by atoms with van der Waals surface area (Å²) in [6.45, 7) is 1.90. The van der Waals surface area contributed by atoms with Crippen molar-refractivity contribution in [2.24, 2.45) is 0 Å². The summed E-state index contributed by atoms with van der Waals surface area (Å²) in [6.07, 6.45) is 12.8. The third-order valence-corrected chi connectivity index (χ3v) is 3.65. The molecule has 92 valence electrons. The molecule has 0 amide bonds. The molecule has 0 atom stereocenters. The van der Waals surface area contributed by atoms with Crippen LogP contribution in [0.2, 0.25) is 0 Å². The zero-order valence-electron chi connectivity index (χ0n) is 10.7. The van der Waals surface area contributed by atoms with Gasteiger partial charge in [0.15, 0.2) is 0 Å². The molecule has 1 saturated carbocycles. The molecule has 0 aliphatic heterocycles. The number of aliphatic hydroxyl groups is 1. The second kappa shape index (κ2) is 7.74. The van der Waals surface area contributed by atoms with Gasteiger partial charge in [0.05, 0.1) is 5.60 Å². The zero-order chi connectivity index (χ0) is 11.7. The minimum Gasteiger partial charge on any atom is -0.390 e. The van der Waals surface area contributed by atoms with Crippen LogP contribution in [0.5, 0.6) is 0 Å². The van der Waals surface area contributed by atoms with Gasteiger partial charge < -0.3 is 5.11 Å². The summed E-state index contributed by atoms with van der Waals surface area (Å²) in [4.78, 5) is 0. The molecular formula is C15H26O. The topological polar surface area (TPSA) is 20.2 Å². The number of unbranched alkanes of at least 4 members (excludes halogenated alkanes) is 4.